The SMILES string of the molecule is CN1C(=O)c2ccc(S(=O)(=O)N(C)Cc3ccccc3)cc2C1=O. The van der Waals surface area contributed by atoms with E-state index in [1.165, 1.54) is 36.6 Å². The zero-order valence-corrected chi connectivity index (χ0v) is 14.1. The van der Waals surface area contributed by atoms with Gasteiger partial charge in [-0.15, -0.1) is 0 Å². The second-order valence-electron chi connectivity index (χ2n) is 5.62. The van der Waals surface area contributed by atoms with Gasteiger partial charge in [-0.3, -0.25) is 14.5 Å². The highest BCUT2D eigenvalue weighted by molar-refractivity contribution is 7.89. The number of imide groups is 1. The van der Waals surface area contributed by atoms with E-state index < -0.39 is 21.8 Å². The third-order valence-corrected chi connectivity index (χ3v) is 5.82. The van der Waals surface area contributed by atoms with Gasteiger partial charge >= 0.3 is 0 Å². The van der Waals surface area contributed by atoms with Gasteiger partial charge in [-0.05, 0) is 23.8 Å². The normalized spacial score (nSPS) is 14.4. The van der Waals surface area contributed by atoms with E-state index in [2.05, 4.69) is 0 Å². The van der Waals surface area contributed by atoms with Gasteiger partial charge in [0.05, 0.1) is 16.0 Å². The fraction of sp³-hybridized carbons (Fsp3) is 0.176. The Morgan fingerprint density at radius 1 is 0.958 bits per heavy atom. The van der Waals surface area contributed by atoms with Crippen LogP contribution in [0.4, 0.5) is 0 Å². The Morgan fingerprint density at radius 2 is 1.58 bits per heavy atom. The molecule has 0 spiro atoms. The minimum absolute atomic E-state index is 0.00358. The first kappa shape index (κ1) is 16.4. The monoisotopic (exact) mass is 344 g/mol. The zero-order chi connectivity index (χ0) is 17.5. The highest BCUT2D eigenvalue weighted by Gasteiger charge is 2.34. The highest BCUT2D eigenvalue weighted by Crippen LogP contribution is 2.26. The molecule has 1 aliphatic heterocycles. The van der Waals surface area contributed by atoms with Crippen molar-refractivity contribution in [1.29, 1.82) is 0 Å². The molecule has 2 amide bonds. The molecule has 0 saturated carbocycles. The van der Waals surface area contributed by atoms with Crippen molar-refractivity contribution < 1.29 is 18.0 Å². The molecule has 0 saturated heterocycles. The summed E-state index contributed by atoms with van der Waals surface area (Å²) in [5, 5.41) is 0. The largest absolute Gasteiger partial charge is 0.277 e. The quantitative estimate of drug-likeness (QED) is 0.792. The molecule has 7 heteroatoms. The molecule has 0 bridgehead atoms. The summed E-state index contributed by atoms with van der Waals surface area (Å²) in [4.78, 5) is 24.9. The van der Waals surface area contributed by atoms with Gasteiger partial charge in [0.25, 0.3) is 11.8 Å². The van der Waals surface area contributed by atoms with Crippen LogP contribution < -0.4 is 0 Å². The predicted molar refractivity (Wildman–Crippen MR) is 88.0 cm³/mol. The van der Waals surface area contributed by atoms with Gasteiger partial charge in [-0.2, -0.15) is 4.31 Å². The second kappa shape index (κ2) is 5.85. The van der Waals surface area contributed by atoms with Crippen LogP contribution in [0, 0.1) is 0 Å². The van der Waals surface area contributed by atoms with Gasteiger partial charge in [0.15, 0.2) is 0 Å². The minimum Gasteiger partial charge on any atom is -0.277 e. The molecule has 0 N–H and O–H groups in total. The minimum atomic E-state index is -3.77. The molecule has 0 aliphatic carbocycles. The Bertz CT molecular complexity index is 923. The van der Waals surface area contributed by atoms with Gasteiger partial charge in [0.2, 0.25) is 10.0 Å². The Kier molecular flexibility index (Phi) is 3.98. The summed E-state index contributed by atoms with van der Waals surface area (Å²) in [6.45, 7) is 0.215. The van der Waals surface area contributed by atoms with E-state index in [1.807, 2.05) is 30.3 Å². The molecule has 2 aromatic carbocycles. The molecule has 0 unspecified atom stereocenters. The van der Waals surface area contributed by atoms with Gasteiger partial charge in [0, 0.05) is 20.6 Å². The van der Waals surface area contributed by atoms with Gasteiger partial charge in [0.1, 0.15) is 0 Å². The standard InChI is InChI=1S/C17H16N2O4S/c1-18(11-12-6-4-3-5-7-12)24(22,23)13-8-9-14-15(10-13)17(21)19(2)16(14)20/h3-10H,11H2,1-2H3. The van der Waals surface area contributed by atoms with Crippen LogP contribution in [-0.4, -0.2) is 43.5 Å². The highest BCUT2D eigenvalue weighted by atomic mass is 32.2. The van der Waals surface area contributed by atoms with Gasteiger partial charge in [-0.25, -0.2) is 8.42 Å². The Labute approximate surface area is 140 Å². The van der Waals surface area contributed by atoms with E-state index in [-0.39, 0.29) is 22.6 Å². The van der Waals surface area contributed by atoms with E-state index in [0.717, 1.165) is 10.5 Å². The summed E-state index contributed by atoms with van der Waals surface area (Å²) in [6, 6.07) is 13.2. The number of benzene rings is 2. The summed E-state index contributed by atoms with van der Waals surface area (Å²) in [6.07, 6.45) is 0. The van der Waals surface area contributed by atoms with Crippen molar-refractivity contribution >= 4 is 21.8 Å². The number of rotatable bonds is 4. The average molecular weight is 344 g/mol. The van der Waals surface area contributed by atoms with Crippen LogP contribution in [0.3, 0.4) is 0 Å². The van der Waals surface area contributed by atoms with Crippen LogP contribution >= 0.6 is 0 Å². The lowest BCUT2D eigenvalue weighted by atomic mass is 10.1. The number of hydrogen-bond donors (Lipinski definition) is 0. The molecule has 124 valence electrons. The summed E-state index contributed by atoms with van der Waals surface area (Å²) in [5.41, 5.74) is 1.21. The number of nitrogens with zero attached hydrogens (tertiary/aromatic N) is 2. The lowest BCUT2D eigenvalue weighted by molar-refractivity contribution is 0.0693. The summed E-state index contributed by atoms with van der Waals surface area (Å²) in [7, 11) is -0.910. The predicted octanol–water partition coefficient (Wildman–Crippen LogP) is 1.73. The van der Waals surface area contributed by atoms with Crippen LogP contribution in [0.1, 0.15) is 26.3 Å². The van der Waals surface area contributed by atoms with Crippen LogP contribution in [0.25, 0.3) is 0 Å². The van der Waals surface area contributed by atoms with Crippen molar-refractivity contribution in [3.05, 3.63) is 65.2 Å². The van der Waals surface area contributed by atoms with E-state index >= 15 is 0 Å². The molecule has 2 aromatic rings. The maximum absolute atomic E-state index is 12.7. The van der Waals surface area contributed by atoms with Crippen LogP contribution in [0.5, 0.6) is 0 Å². The van der Waals surface area contributed by atoms with Gasteiger partial charge < -0.3 is 0 Å². The van der Waals surface area contributed by atoms with Crippen molar-refractivity contribution in [2.45, 2.75) is 11.4 Å². The number of carbonyl (C=O) groups is 2. The summed E-state index contributed by atoms with van der Waals surface area (Å²) >= 11 is 0. The molecule has 0 aromatic heterocycles. The van der Waals surface area contributed by atoms with Crippen molar-refractivity contribution in [1.82, 2.24) is 9.21 Å². The zero-order valence-electron chi connectivity index (χ0n) is 13.3. The molecule has 3 rings (SSSR count). The Hall–Kier alpha value is -2.51. The fourth-order valence-corrected chi connectivity index (χ4v) is 3.79. The van der Waals surface area contributed by atoms with E-state index in [4.69, 9.17) is 0 Å². The first-order chi connectivity index (χ1) is 11.3. The molecular formula is C17H16N2O4S. The van der Waals surface area contributed by atoms with E-state index in [1.54, 1.807) is 0 Å². The fourth-order valence-electron chi connectivity index (χ4n) is 2.61. The number of carbonyl (C=O) groups excluding carboxylic acids is 2. The third kappa shape index (κ3) is 2.61. The molecule has 6 nitrogen and oxygen atoms in total. The van der Waals surface area contributed by atoms with E-state index in [0.29, 0.717) is 0 Å². The number of sulfonamides is 1. The summed E-state index contributed by atoms with van der Waals surface area (Å²) < 4.78 is 26.7. The van der Waals surface area contributed by atoms with Crippen LogP contribution in [0.15, 0.2) is 53.4 Å². The molecule has 0 radical (unpaired) electrons. The first-order valence-electron chi connectivity index (χ1n) is 7.29. The lowest BCUT2D eigenvalue weighted by Crippen LogP contribution is -2.26. The molecule has 1 heterocycles. The van der Waals surface area contributed by atoms with Crippen molar-refractivity contribution in [2.75, 3.05) is 14.1 Å². The topological polar surface area (TPSA) is 74.8 Å². The number of hydrogen-bond acceptors (Lipinski definition) is 4. The summed E-state index contributed by atoms with van der Waals surface area (Å²) in [5.74, 6) is -0.908. The maximum Gasteiger partial charge on any atom is 0.261 e. The van der Waals surface area contributed by atoms with Crippen molar-refractivity contribution in [3.63, 3.8) is 0 Å². The molecule has 1 aliphatic rings. The van der Waals surface area contributed by atoms with E-state index in [9.17, 15) is 18.0 Å². The smallest absolute Gasteiger partial charge is 0.261 e. The van der Waals surface area contributed by atoms with Crippen molar-refractivity contribution in [2.24, 2.45) is 0 Å². The van der Waals surface area contributed by atoms with Crippen LogP contribution in [-0.2, 0) is 16.6 Å². The third-order valence-electron chi connectivity index (χ3n) is 4.02. The Morgan fingerprint density at radius 3 is 2.25 bits per heavy atom. The maximum atomic E-state index is 12.7. The first-order valence-corrected chi connectivity index (χ1v) is 8.73. The second-order valence-corrected chi connectivity index (χ2v) is 7.67. The van der Waals surface area contributed by atoms with Gasteiger partial charge in [-0.1, -0.05) is 30.3 Å². The van der Waals surface area contributed by atoms with Crippen LogP contribution in [0.2, 0.25) is 0 Å². The molecule has 0 fully saturated rings. The molecule has 0 atom stereocenters. The average Bonchev–Trinajstić information content (AvgIpc) is 2.80. The molecule has 24 heavy (non-hydrogen) atoms. The molecular weight excluding hydrogens is 328 g/mol. The number of fused-ring (bicyclic) bond motifs is 1. The Balaban J connectivity index is 1.94. The van der Waals surface area contributed by atoms with Crippen molar-refractivity contribution in [3.8, 4) is 0 Å². The number of amides is 2. The lowest BCUT2D eigenvalue weighted by Gasteiger charge is -2.17.